The van der Waals surface area contributed by atoms with E-state index in [9.17, 15) is 0 Å². The number of rotatable bonds is 9. The highest BCUT2D eigenvalue weighted by Gasteiger charge is 2.12. The molecule has 0 aromatic rings. The first-order valence-corrected chi connectivity index (χ1v) is 7.40. The lowest BCUT2D eigenvalue weighted by molar-refractivity contribution is 0.222. The Kier molecular flexibility index (Phi) is 9.66. The summed E-state index contributed by atoms with van der Waals surface area (Å²) in [5, 5.41) is 0. The highest BCUT2D eigenvalue weighted by atomic mass is 32.2. The van der Waals surface area contributed by atoms with Crippen molar-refractivity contribution < 1.29 is 0 Å². The number of nitrogens with two attached hydrogens (primary N) is 1. The molecule has 0 saturated carbocycles. The summed E-state index contributed by atoms with van der Waals surface area (Å²) in [5.74, 6) is 2.05. The molecular formula is C12H28N2S. The molecule has 0 aliphatic rings. The van der Waals surface area contributed by atoms with Gasteiger partial charge in [0.1, 0.15) is 0 Å². The van der Waals surface area contributed by atoms with Crippen LogP contribution >= 0.6 is 11.8 Å². The second-order valence-corrected chi connectivity index (χ2v) is 5.67. The molecule has 0 aliphatic heterocycles. The second kappa shape index (κ2) is 9.49. The fourth-order valence-electron chi connectivity index (χ4n) is 1.63. The van der Waals surface area contributed by atoms with Gasteiger partial charge in [-0.3, -0.25) is 0 Å². The average Bonchev–Trinajstić information content (AvgIpc) is 2.21. The summed E-state index contributed by atoms with van der Waals surface area (Å²) in [7, 11) is 2.21. The van der Waals surface area contributed by atoms with Crippen LogP contribution in [0.4, 0.5) is 0 Å². The van der Waals surface area contributed by atoms with E-state index in [0.717, 1.165) is 12.5 Å². The van der Waals surface area contributed by atoms with Crippen molar-refractivity contribution in [3.05, 3.63) is 0 Å². The van der Waals surface area contributed by atoms with Crippen molar-refractivity contribution in [1.82, 2.24) is 4.90 Å². The van der Waals surface area contributed by atoms with Gasteiger partial charge in [-0.05, 0) is 50.8 Å². The van der Waals surface area contributed by atoms with E-state index in [2.05, 4.69) is 32.1 Å². The summed E-state index contributed by atoms with van der Waals surface area (Å²) >= 11 is 1.92. The van der Waals surface area contributed by atoms with Gasteiger partial charge in [0.15, 0.2) is 0 Å². The van der Waals surface area contributed by atoms with Crippen LogP contribution in [-0.2, 0) is 0 Å². The van der Waals surface area contributed by atoms with Gasteiger partial charge in [0.25, 0.3) is 0 Å². The summed E-state index contributed by atoms with van der Waals surface area (Å²) < 4.78 is 0. The number of hydrogen-bond donors (Lipinski definition) is 1. The summed E-state index contributed by atoms with van der Waals surface area (Å²) in [6.07, 6.45) is 5.97. The lowest BCUT2D eigenvalue weighted by atomic mass is 10.1. The van der Waals surface area contributed by atoms with Crippen LogP contribution in [0.3, 0.4) is 0 Å². The topological polar surface area (TPSA) is 29.3 Å². The van der Waals surface area contributed by atoms with Gasteiger partial charge < -0.3 is 10.6 Å². The van der Waals surface area contributed by atoms with Crippen LogP contribution < -0.4 is 5.73 Å². The van der Waals surface area contributed by atoms with E-state index in [0.29, 0.717) is 6.04 Å². The monoisotopic (exact) mass is 232 g/mol. The zero-order chi connectivity index (χ0) is 11.7. The minimum absolute atomic E-state index is 0.580. The van der Waals surface area contributed by atoms with E-state index in [1.54, 1.807) is 0 Å². The number of likely N-dealkylation sites (N-methyl/N-ethyl adjacent to an activating group) is 1. The smallest absolute Gasteiger partial charge is 0.0215 e. The molecule has 0 amide bonds. The quantitative estimate of drug-likeness (QED) is 0.619. The number of hydrogen-bond acceptors (Lipinski definition) is 3. The molecule has 0 radical (unpaired) electrons. The predicted octanol–water partition coefficient (Wildman–Crippen LogP) is 2.43. The van der Waals surface area contributed by atoms with Crippen LogP contribution in [0.15, 0.2) is 0 Å². The van der Waals surface area contributed by atoms with Crippen molar-refractivity contribution in [2.45, 2.75) is 39.2 Å². The molecule has 0 aromatic carbocycles. The normalized spacial score (nSPS) is 13.8. The maximum atomic E-state index is 5.81. The first-order valence-electron chi connectivity index (χ1n) is 6.01. The lowest BCUT2D eigenvalue weighted by Crippen LogP contribution is -2.38. The Morgan fingerprint density at radius 1 is 1.27 bits per heavy atom. The Balaban J connectivity index is 3.72. The summed E-state index contributed by atoms with van der Waals surface area (Å²) in [4.78, 5) is 2.43. The van der Waals surface area contributed by atoms with Crippen molar-refractivity contribution in [1.29, 1.82) is 0 Å². The van der Waals surface area contributed by atoms with E-state index in [-0.39, 0.29) is 0 Å². The van der Waals surface area contributed by atoms with Gasteiger partial charge in [-0.15, -0.1) is 0 Å². The number of nitrogens with zero attached hydrogens (tertiary/aromatic N) is 1. The zero-order valence-electron chi connectivity index (χ0n) is 10.8. The third kappa shape index (κ3) is 8.12. The molecule has 0 spiro atoms. The van der Waals surface area contributed by atoms with E-state index in [1.165, 1.54) is 31.6 Å². The van der Waals surface area contributed by atoms with Gasteiger partial charge in [-0.1, -0.05) is 13.8 Å². The van der Waals surface area contributed by atoms with Crippen molar-refractivity contribution in [2.24, 2.45) is 11.7 Å². The minimum atomic E-state index is 0.580. The molecule has 0 rings (SSSR count). The molecule has 0 heterocycles. The van der Waals surface area contributed by atoms with Crippen molar-refractivity contribution >= 4 is 11.8 Å². The van der Waals surface area contributed by atoms with Crippen molar-refractivity contribution in [3.63, 3.8) is 0 Å². The zero-order valence-corrected chi connectivity index (χ0v) is 11.6. The van der Waals surface area contributed by atoms with E-state index in [1.807, 2.05) is 11.8 Å². The maximum absolute atomic E-state index is 5.81. The van der Waals surface area contributed by atoms with Crippen molar-refractivity contribution in [2.75, 3.05) is 32.1 Å². The maximum Gasteiger partial charge on any atom is 0.0215 e. The largest absolute Gasteiger partial charge is 0.329 e. The molecule has 2 N–H and O–H groups in total. The molecule has 0 fully saturated rings. The van der Waals surface area contributed by atoms with Crippen LogP contribution in [0.25, 0.3) is 0 Å². The molecular weight excluding hydrogens is 204 g/mol. The molecule has 2 nitrogen and oxygen atoms in total. The van der Waals surface area contributed by atoms with E-state index in [4.69, 9.17) is 5.73 Å². The first-order chi connectivity index (χ1) is 7.11. The van der Waals surface area contributed by atoms with Crippen LogP contribution in [0.1, 0.15) is 33.1 Å². The van der Waals surface area contributed by atoms with Gasteiger partial charge in [0, 0.05) is 12.6 Å². The third-order valence-corrected chi connectivity index (χ3v) is 3.54. The highest BCUT2D eigenvalue weighted by Crippen LogP contribution is 2.09. The second-order valence-electron chi connectivity index (χ2n) is 4.69. The van der Waals surface area contributed by atoms with Crippen LogP contribution in [-0.4, -0.2) is 43.1 Å². The summed E-state index contributed by atoms with van der Waals surface area (Å²) in [6.45, 7) is 6.53. The van der Waals surface area contributed by atoms with Gasteiger partial charge in [-0.25, -0.2) is 0 Å². The Morgan fingerprint density at radius 3 is 2.40 bits per heavy atom. The molecule has 0 bridgehead atoms. The standard InChI is InChI=1S/C12H28N2S/c1-11(2)7-8-14(3)12(10-13)6-5-9-15-4/h11-12H,5-10,13H2,1-4H3. The molecule has 1 unspecified atom stereocenters. The summed E-state index contributed by atoms with van der Waals surface area (Å²) in [6, 6.07) is 0.580. The van der Waals surface area contributed by atoms with Crippen LogP contribution in [0.5, 0.6) is 0 Å². The predicted molar refractivity (Wildman–Crippen MR) is 72.5 cm³/mol. The average molecular weight is 232 g/mol. The van der Waals surface area contributed by atoms with Crippen LogP contribution in [0, 0.1) is 5.92 Å². The Labute approximate surface area is 100.0 Å². The molecule has 1 atom stereocenters. The lowest BCUT2D eigenvalue weighted by Gasteiger charge is -2.27. The third-order valence-electron chi connectivity index (χ3n) is 2.84. The van der Waals surface area contributed by atoms with E-state index >= 15 is 0 Å². The van der Waals surface area contributed by atoms with Crippen LogP contribution in [0.2, 0.25) is 0 Å². The first kappa shape index (κ1) is 15.3. The fraction of sp³-hybridized carbons (Fsp3) is 1.00. The van der Waals surface area contributed by atoms with Gasteiger partial charge >= 0.3 is 0 Å². The van der Waals surface area contributed by atoms with Crippen molar-refractivity contribution in [3.8, 4) is 0 Å². The Morgan fingerprint density at radius 2 is 1.93 bits per heavy atom. The number of thioether (sulfide) groups is 1. The molecule has 0 aliphatic carbocycles. The molecule has 92 valence electrons. The fourth-order valence-corrected chi connectivity index (χ4v) is 2.08. The molecule has 0 saturated heterocycles. The highest BCUT2D eigenvalue weighted by molar-refractivity contribution is 7.98. The van der Waals surface area contributed by atoms with Gasteiger partial charge in [-0.2, -0.15) is 11.8 Å². The molecule has 3 heteroatoms. The molecule has 15 heavy (non-hydrogen) atoms. The van der Waals surface area contributed by atoms with Gasteiger partial charge in [0.05, 0.1) is 0 Å². The molecule has 0 aromatic heterocycles. The van der Waals surface area contributed by atoms with E-state index < -0.39 is 0 Å². The SMILES string of the molecule is CSCCCC(CN)N(C)CCC(C)C. The van der Waals surface area contributed by atoms with Gasteiger partial charge in [0.2, 0.25) is 0 Å². The Hall–Kier alpha value is 0.270. The Bertz CT molecular complexity index is 140. The minimum Gasteiger partial charge on any atom is -0.329 e. The summed E-state index contributed by atoms with van der Waals surface area (Å²) in [5.41, 5.74) is 5.81.